The van der Waals surface area contributed by atoms with Crippen molar-refractivity contribution in [2.75, 3.05) is 17.2 Å². The second-order valence-corrected chi connectivity index (χ2v) is 9.09. The highest BCUT2D eigenvalue weighted by Gasteiger charge is 2.20. The van der Waals surface area contributed by atoms with E-state index in [1.807, 2.05) is 12.1 Å². The highest BCUT2D eigenvalue weighted by molar-refractivity contribution is 7.92. The third-order valence-electron chi connectivity index (χ3n) is 4.97. The van der Waals surface area contributed by atoms with Crippen LogP contribution in [0, 0.1) is 5.92 Å². The molecule has 1 fully saturated rings. The lowest BCUT2D eigenvalue weighted by Crippen LogP contribution is -2.24. The van der Waals surface area contributed by atoms with Gasteiger partial charge in [-0.25, -0.2) is 12.7 Å². The van der Waals surface area contributed by atoms with Gasteiger partial charge in [0.05, 0.1) is 30.4 Å². The van der Waals surface area contributed by atoms with Gasteiger partial charge in [0.1, 0.15) is 5.75 Å². The van der Waals surface area contributed by atoms with Gasteiger partial charge in [-0.1, -0.05) is 38.2 Å². The van der Waals surface area contributed by atoms with Crippen molar-refractivity contribution in [3.63, 3.8) is 0 Å². The number of aromatic nitrogens is 1. The van der Waals surface area contributed by atoms with Crippen LogP contribution in [0.15, 0.2) is 48.8 Å². The third-order valence-corrected chi connectivity index (χ3v) is 6.06. The summed E-state index contributed by atoms with van der Waals surface area (Å²) in [7, 11) is -3.49. The van der Waals surface area contributed by atoms with Crippen molar-refractivity contribution in [3.8, 4) is 5.75 Å². The van der Waals surface area contributed by atoms with Crippen LogP contribution in [0.25, 0.3) is 0 Å². The lowest BCUT2D eigenvalue weighted by atomic mass is 9.92. The molecule has 0 unspecified atom stereocenters. The topological polar surface area (TPSA) is 59.5 Å². The molecule has 0 bridgehead atoms. The number of nitrogens with zero attached hydrogens (tertiary/aromatic N) is 2. The largest absolute Gasteiger partial charge is 0.493 e. The van der Waals surface area contributed by atoms with Gasteiger partial charge in [-0.15, -0.1) is 0 Å². The van der Waals surface area contributed by atoms with Crippen molar-refractivity contribution in [3.05, 3.63) is 48.8 Å². The fourth-order valence-corrected chi connectivity index (χ4v) is 4.61. The Balaban J connectivity index is 1.75. The van der Waals surface area contributed by atoms with Crippen LogP contribution in [0.4, 0.5) is 11.4 Å². The van der Waals surface area contributed by atoms with E-state index < -0.39 is 10.0 Å². The number of hydrogen-bond donors (Lipinski definition) is 0. The van der Waals surface area contributed by atoms with E-state index in [1.165, 1.54) is 55.5 Å². The lowest BCUT2D eigenvalue weighted by molar-refractivity contribution is 0.218. The summed E-state index contributed by atoms with van der Waals surface area (Å²) >= 11 is 0. The number of rotatable bonds is 6. The summed E-state index contributed by atoms with van der Waals surface area (Å²) in [4.78, 5) is 4.04. The summed E-state index contributed by atoms with van der Waals surface area (Å²) in [5, 5.41) is 0. The third kappa shape index (κ3) is 5.70. The number of anilines is 2. The molecule has 5 nitrogen and oxygen atoms in total. The molecule has 27 heavy (non-hydrogen) atoms. The summed E-state index contributed by atoms with van der Waals surface area (Å²) in [6, 6.07) is 10.7. The average molecular weight is 389 g/mol. The molecule has 3 rings (SSSR count). The van der Waals surface area contributed by atoms with Gasteiger partial charge in [-0.05, 0) is 43.0 Å². The Hall–Kier alpha value is -2.08. The maximum atomic E-state index is 12.4. The standard InChI is InChI=1S/C21H28N2O3S/c1-27(24,25)23(20-12-8-14-22-16-20)19-11-7-13-21(15-19)26-17-18-9-5-3-2-4-6-10-18/h7-8,11-16,18H,2-6,9-10,17H2,1H3. The van der Waals surface area contributed by atoms with Crippen LogP contribution in [0.5, 0.6) is 5.75 Å². The molecule has 0 radical (unpaired) electrons. The zero-order chi connectivity index (χ0) is 19.1. The van der Waals surface area contributed by atoms with Crippen molar-refractivity contribution in [1.82, 2.24) is 4.98 Å². The Morgan fingerprint density at radius 3 is 2.41 bits per heavy atom. The first kappa shape index (κ1) is 19.7. The molecule has 0 atom stereocenters. The van der Waals surface area contributed by atoms with Crippen molar-refractivity contribution in [1.29, 1.82) is 0 Å². The van der Waals surface area contributed by atoms with Crippen molar-refractivity contribution in [2.24, 2.45) is 5.92 Å². The molecular formula is C21H28N2O3S. The van der Waals surface area contributed by atoms with E-state index in [-0.39, 0.29) is 0 Å². The maximum absolute atomic E-state index is 12.4. The molecule has 1 aliphatic carbocycles. The molecule has 6 heteroatoms. The quantitative estimate of drug-likeness (QED) is 0.705. The fourth-order valence-electron chi connectivity index (χ4n) is 3.63. The summed E-state index contributed by atoms with van der Waals surface area (Å²) in [5.41, 5.74) is 1.07. The fraction of sp³-hybridized carbons (Fsp3) is 0.476. The molecule has 0 spiro atoms. The van der Waals surface area contributed by atoms with Gasteiger partial charge in [-0.3, -0.25) is 4.98 Å². The monoisotopic (exact) mass is 388 g/mol. The number of hydrogen-bond acceptors (Lipinski definition) is 4. The van der Waals surface area contributed by atoms with Gasteiger partial charge in [0.25, 0.3) is 0 Å². The molecule has 0 N–H and O–H groups in total. The minimum Gasteiger partial charge on any atom is -0.493 e. The Kier molecular flexibility index (Phi) is 6.72. The Morgan fingerprint density at radius 2 is 1.74 bits per heavy atom. The zero-order valence-electron chi connectivity index (χ0n) is 15.9. The minimum atomic E-state index is -3.49. The lowest BCUT2D eigenvalue weighted by Gasteiger charge is -2.23. The van der Waals surface area contributed by atoms with Gasteiger partial charge >= 0.3 is 0 Å². The second kappa shape index (κ2) is 9.22. The molecular weight excluding hydrogens is 360 g/mol. The first-order valence-corrected chi connectivity index (χ1v) is 11.5. The molecule has 1 aromatic heterocycles. The Morgan fingerprint density at radius 1 is 1.04 bits per heavy atom. The van der Waals surface area contributed by atoms with Crippen molar-refractivity contribution < 1.29 is 13.2 Å². The van der Waals surface area contributed by atoms with E-state index in [4.69, 9.17) is 4.74 Å². The van der Waals surface area contributed by atoms with E-state index in [9.17, 15) is 8.42 Å². The zero-order valence-corrected chi connectivity index (χ0v) is 16.7. The van der Waals surface area contributed by atoms with Crippen LogP contribution < -0.4 is 9.04 Å². The van der Waals surface area contributed by atoms with Crippen LogP contribution in [0.3, 0.4) is 0 Å². The number of pyridine rings is 1. The smallest absolute Gasteiger partial charge is 0.236 e. The van der Waals surface area contributed by atoms with E-state index in [2.05, 4.69) is 4.98 Å². The predicted octanol–water partition coefficient (Wildman–Crippen LogP) is 4.92. The first-order valence-electron chi connectivity index (χ1n) is 9.67. The van der Waals surface area contributed by atoms with Crippen molar-refractivity contribution in [2.45, 2.75) is 44.9 Å². The van der Waals surface area contributed by atoms with Gasteiger partial charge in [-0.2, -0.15) is 0 Å². The summed E-state index contributed by atoms with van der Waals surface area (Å²) < 4.78 is 32.1. The molecule has 1 aromatic carbocycles. The van der Waals surface area contributed by atoms with Gasteiger partial charge in [0, 0.05) is 12.3 Å². The maximum Gasteiger partial charge on any atom is 0.236 e. The molecule has 1 aliphatic rings. The molecule has 1 saturated carbocycles. The molecule has 1 heterocycles. The highest BCUT2D eigenvalue weighted by Crippen LogP contribution is 2.31. The van der Waals surface area contributed by atoms with E-state index in [1.54, 1.807) is 36.7 Å². The first-order chi connectivity index (χ1) is 13.0. The number of ether oxygens (including phenoxy) is 1. The van der Waals surface area contributed by atoms with Crippen LogP contribution in [-0.4, -0.2) is 26.3 Å². The van der Waals surface area contributed by atoms with Crippen LogP contribution >= 0.6 is 0 Å². The Bertz CT molecular complexity index is 816. The van der Waals surface area contributed by atoms with E-state index in [0.717, 1.165) is 0 Å². The number of benzene rings is 1. The SMILES string of the molecule is CS(=O)(=O)N(c1cccnc1)c1cccc(OCC2CCCCCCC2)c1. The van der Waals surface area contributed by atoms with Crippen LogP contribution in [0.2, 0.25) is 0 Å². The summed E-state index contributed by atoms with van der Waals surface area (Å²) in [6.07, 6.45) is 13.3. The van der Waals surface area contributed by atoms with Gasteiger partial charge < -0.3 is 4.74 Å². The van der Waals surface area contributed by atoms with Crippen LogP contribution in [0.1, 0.15) is 44.9 Å². The Labute approximate surface area is 162 Å². The number of sulfonamides is 1. The van der Waals surface area contributed by atoms with Gasteiger partial charge in [0.2, 0.25) is 10.0 Å². The second-order valence-electron chi connectivity index (χ2n) is 7.26. The summed E-state index contributed by atoms with van der Waals surface area (Å²) in [6.45, 7) is 0.690. The predicted molar refractivity (Wildman–Crippen MR) is 109 cm³/mol. The highest BCUT2D eigenvalue weighted by atomic mass is 32.2. The van der Waals surface area contributed by atoms with E-state index in [0.29, 0.717) is 29.6 Å². The van der Waals surface area contributed by atoms with Gasteiger partial charge in [0.15, 0.2) is 0 Å². The molecule has 0 saturated heterocycles. The molecule has 0 amide bonds. The minimum absolute atomic E-state index is 0.511. The summed E-state index contributed by atoms with van der Waals surface area (Å²) in [5.74, 6) is 1.28. The molecule has 0 aliphatic heterocycles. The molecule has 146 valence electrons. The average Bonchev–Trinajstić information content (AvgIpc) is 2.61. The van der Waals surface area contributed by atoms with Crippen molar-refractivity contribution >= 4 is 21.4 Å². The van der Waals surface area contributed by atoms with E-state index >= 15 is 0 Å². The molecule has 2 aromatic rings. The van der Waals surface area contributed by atoms with Crippen LogP contribution in [-0.2, 0) is 10.0 Å². The normalized spacial score (nSPS) is 16.3.